The summed E-state index contributed by atoms with van der Waals surface area (Å²) in [7, 11) is 0. The van der Waals surface area contributed by atoms with E-state index in [1.54, 1.807) is 18.2 Å². The summed E-state index contributed by atoms with van der Waals surface area (Å²) in [5.41, 5.74) is 5.76. The molecular weight excluding hydrogens is 194 g/mol. The molecule has 0 fully saturated rings. The summed E-state index contributed by atoms with van der Waals surface area (Å²) in [5.74, 6) is -0.593. The summed E-state index contributed by atoms with van der Waals surface area (Å²) in [4.78, 5) is 22.1. The maximum Gasteiger partial charge on any atom is 0.323 e. The minimum atomic E-state index is -0.593. The predicted octanol–water partition coefficient (Wildman–Crippen LogP) is 1.05. The van der Waals surface area contributed by atoms with Gasteiger partial charge in [-0.05, 0) is 18.3 Å². The summed E-state index contributed by atoms with van der Waals surface area (Å²) in [6.07, 6.45) is 1.24. The second kappa shape index (κ2) is 4.80. The van der Waals surface area contributed by atoms with Crippen molar-refractivity contribution in [1.29, 1.82) is 0 Å². The highest BCUT2D eigenvalue weighted by Gasteiger charge is 2.08. The number of anilines is 1. The van der Waals surface area contributed by atoms with Crippen molar-refractivity contribution in [1.82, 2.24) is 5.32 Å². The number of hydrogen-bond donors (Lipinski definition) is 3. The number of nitrogens with one attached hydrogen (secondary N) is 2. The van der Waals surface area contributed by atoms with E-state index in [4.69, 9.17) is 5.73 Å². The molecule has 0 spiro atoms. The molecule has 0 bridgehead atoms. The van der Waals surface area contributed by atoms with Gasteiger partial charge in [-0.3, -0.25) is 4.79 Å². The Morgan fingerprint density at radius 3 is 2.60 bits per heavy atom. The number of nitrogens with two attached hydrogens (primary N) is 1. The van der Waals surface area contributed by atoms with Crippen molar-refractivity contribution >= 4 is 17.6 Å². The van der Waals surface area contributed by atoms with Gasteiger partial charge in [0.25, 0.3) is 5.91 Å². The monoisotopic (exact) mass is 205 g/mol. The summed E-state index contributed by atoms with van der Waals surface area (Å²) in [5, 5.41) is 4.79. The van der Waals surface area contributed by atoms with Crippen LogP contribution in [0.25, 0.3) is 0 Å². The largest absolute Gasteiger partial charge is 0.366 e. The lowest BCUT2D eigenvalue weighted by atomic mass is 10.1. The average Bonchev–Trinajstić information content (AvgIpc) is 2.18. The van der Waals surface area contributed by atoms with E-state index in [1.165, 1.54) is 12.3 Å². The van der Waals surface area contributed by atoms with E-state index in [9.17, 15) is 9.59 Å². The molecule has 1 rings (SSSR count). The van der Waals surface area contributed by atoms with Crippen molar-refractivity contribution in [2.45, 2.75) is 0 Å². The number of carbonyl (C=O) groups excluding carboxylic acids is 2. The van der Waals surface area contributed by atoms with Gasteiger partial charge < -0.3 is 16.4 Å². The first kappa shape index (κ1) is 10.8. The van der Waals surface area contributed by atoms with Gasteiger partial charge in [-0.15, -0.1) is 0 Å². The zero-order valence-corrected chi connectivity index (χ0v) is 7.99. The molecule has 0 aromatic heterocycles. The van der Waals surface area contributed by atoms with Gasteiger partial charge in [-0.1, -0.05) is 18.7 Å². The van der Waals surface area contributed by atoms with Gasteiger partial charge in [0, 0.05) is 0 Å². The number of rotatable bonds is 3. The molecule has 3 amide bonds. The number of hydrogen-bond acceptors (Lipinski definition) is 2. The SMILES string of the molecule is C=CNC(=O)Nc1ccccc1C(N)=O. The second-order valence-electron chi connectivity index (χ2n) is 2.71. The Bertz CT molecular complexity index is 401. The fraction of sp³-hybridized carbons (Fsp3) is 0. The molecule has 0 aliphatic heterocycles. The summed E-state index contributed by atoms with van der Waals surface area (Å²) >= 11 is 0. The number of amides is 3. The molecule has 15 heavy (non-hydrogen) atoms. The number of carbonyl (C=O) groups is 2. The van der Waals surface area contributed by atoms with Gasteiger partial charge in [-0.25, -0.2) is 4.79 Å². The molecule has 0 aliphatic rings. The first-order valence-corrected chi connectivity index (χ1v) is 4.22. The highest BCUT2D eigenvalue weighted by molar-refractivity contribution is 6.02. The summed E-state index contributed by atoms with van der Waals surface area (Å²) in [6.45, 7) is 3.34. The molecule has 5 heteroatoms. The van der Waals surface area contributed by atoms with Crippen molar-refractivity contribution in [2.75, 3.05) is 5.32 Å². The highest BCUT2D eigenvalue weighted by atomic mass is 16.2. The third kappa shape index (κ3) is 2.84. The lowest BCUT2D eigenvalue weighted by Gasteiger charge is -2.07. The standard InChI is InChI=1S/C10H11N3O2/c1-2-12-10(15)13-8-6-4-3-5-7(8)9(11)14/h2-6H,1H2,(H2,11,14)(H2,12,13,15). The van der Waals surface area contributed by atoms with Crippen molar-refractivity contribution < 1.29 is 9.59 Å². The molecule has 0 saturated carbocycles. The molecule has 4 N–H and O–H groups in total. The van der Waals surface area contributed by atoms with Gasteiger partial charge >= 0.3 is 6.03 Å². The fourth-order valence-corrected chi connectivity index (χ4v) is 1.06. The smallest absolute Gasteiger partial charge is 0.323 e. The Labute approximate surface area is 87.0 Å². The van der Waals surface area contributed by atoms with Gasteiger partial charge in [0.05, 0.1) is 11.3 Å². The fourth-order valence-electron chi connectivity index (χ4n) is 1.06. The zero-order valence-electron chi connectivity index (χ0n) is 7.99. The van der Waals surface area contributed by atoms with Crippen LogP contribution in [-0.2, 0) is 0 Å². The molecule has 0 unspecified atom stereocenters. The van der Waals surface area contributed by atoms with Gasteiger partial charge in [0.1, 0.15) is 0 Å². The van der Waals surface area contributed by atoms with Crippen molar-refractivity contribution in [3.63, 3.8) is 0 Å². The number of para-hydroxylation sites is 1. The van der Waals surface area contributed by atoms with Crippen molar-refractivity contribution in [3.05, 3.63) is 42.6 Å². The molecule has 0 aliphatic carbocycles. The molecule has 5 nitrogen and oxygen atoms in total. The Morgan fingerprint density at radius 2 is 2.00 bits per heavy atom. The number of urea groups is 1. The maximum atomic E-state index is 11.1. The van der Waals surface area contributed by atoms with Crippen LogP contribution in [0.1, 0.15) is 10.4 Å². The Kier molecular flexibility index (Phi) is 3.45. The highest BCUT2D eigenvalue weighted by Crippen LogP contribution is 2.13. The van der Waals surface area contributed by atoms with Crippen molar-refractivity contribution in [2.24, 2.45) is 5.73 Å². The van der Waals surface area contributed by atoms with Crippen LogP contribution in [0.2, 0.25) is 0 Å². The molecule has 0 atom stereocenters. The quantitative estimate of drug-likeness (QED) is 0.689. The lowest BCUT2D eigenvalue weighted by Crippen LogP contribution is -2.25. The molecule has 0 heterocycles. The van der Waals surface area contributed by atoms with Crippen LogP contribution in [0, 0.1) is 0 Å². The van der Waals surface area contributed by atoms with Crippen LogP contribution in [-0.4, -0.2) is 11.9 Å². The minimum absolute atomic E-state index is 0.261. The van der Waals surface area contributed by atoms with Crippen LogP contribution in [0.4, 0.5) is 10.5 Å². The van der Waals surface area contributed by atoms with E-state index in [2.05, 4.69) is 17.2 Å². The Morgan fingerprint density at radius 1 is 1.33 bits per heavy atom. The van der Waals surface area contributed by atoms with E-state index in [-0.39, 0.29) is 5.56 Å². The van der Waals surface area contributed by atoms with Crippen LogP contribution >= 0.6 is 0 Å². The van der Waals surface area contributed by atoms with E-state index < -0.39 is 11.9 Å². The average molecular weight is 205 g/mol. The minimum Gasteiger partial charge on any atom is -0.366 e. The summed E-state index contributed by atoms with van der Waals surface area (Å²) < 4.78 is 0. The normalized spacial score (nSPS) is 9.07. The summed E-state index contributed by atoms with van der Waals surface area (Å²) in [6, 6.07) is 6.00. The maximum absolute atomic E-state index is 11.1. The van der Waals surface area contributed by atoms with Crippen LogP contribution in [0.3, 0.4) is 0 Å². The number of benzene rings is 1. The van der Waals surface area contributed by atoms with E-state index in [0.717, 1.165) is 0 Å². The first-order valence-electron chi connectivity index (χ1n) is 4.22. The molecule has 1 aromatic carbocycles. The number of primary amides is 1. The van der Waals surface area contributed by atoms with Gasteiger partial charge in [0.2, 0.25) is 0 Å². The van der Waals surface area contributed by atoms with Crippen LogP contribution in [0.5, 0.6) is 0 Å². The molecule has 78 valence electrons. The molecular formula is C10H11N3O2. The third-order valence-corrected chi connectivity index (χ3v) is 1.67. The molecule has 0 saturated heterocycles. The van der Waals surface area contributed by atoms with E-state index in [0.29, 0.717) is 5.69 Å². The van der Waals surface area contributed by atoms with Crippen LogP contribution in [0.15, 0.2) is 37.0 Å². The lowest BCUT2D eigenvalue weighted by molar-refractivity contribution is 0.100. The van der Waals surface area contributed by atoms with Gasteiger partial charge in [0.15, 0.2) is 0 Å². The van der Waals surface area contributed by atoms with E-state index in [1.807, 2.05) is 0 Å². The molecule has 0 radical (unpaired) electrons. The second-order valence-corrected chi connectivity index (χ2v) is 2.71. The molecule has 1 aromatic rings. The zero-order chi connectivity index (χ0) is 11.3. The Balaban J connectivity index is 2.89. The van der Waals surface area contributed by atoms with Crippen LogP contribution < -0.4 is 16.4 Å². The topological polar surface area (TPSA) is 84.2 Å². The third-order valence-electron chi connectivity index (χ3n) is 1.67. The predicted molar refractivity (Wildman–Crippen MR) is 57.3 cm³/mol. The van der Waals surface area contributed by atoms with Crippen molar-refractivity contribution in [3.8, 4) is 0 Å². The Hall–Kier alpha value is -2.30. The first-order chi connectivity index (χ1) is 7.15. The van der Waals surface area contributed by atoms with E-state index >= 15 is 0 Å². The van der Waals surface area contributed by atoms with Gasteiger partial charge in [-0.2, -0.15) is 0 Å².